The highest BCUT2D eigenvalue weighted by atomic mass is 16.5. The summed E-state index contributed by atoms with van der Waals surface area (Å²) in [6.45, 7) is 1.76. The maximum absolute atomic E-state index is 12.1. The Hall–Kier alpha value is -2.34. The zero-order valence-electron chi connectivity index (χ0n) is 13.0. The van der Waals surface area contributed by atoms with Gasteiger partial charge in [-0.1, -0.05) is 18.2 Å². The second-order valence-electron chi connectivity index (χ2n) is 5.44. The standard InChI is InChI=1S/C16H21N3O3/c1-16(21,13-9-18-19(2)10-13)11-17-15(20)8-12-6-4-5-7-14(12)22-3/h4-7,9-10,21H,8,11H2,1-3H3,(H,17,20). The quantitative estimate of drug-likeness (QED) is 0.834. The molecule has 0 spiro atoms. The van der Waals surface area contributed by atoms with Gasteiger partial charge in [0.15, 0.2) is 0 Å². The second-order valence-corrected chi connectivity index (χ2v) is 5.44. The Morgan fingerprint density at radius 3 is 2.82 bits per heavy atom. The molecule has 1 unspecified atom stereocenters. The van der Waals surface area contributed by atoms with Crippen molar-refractivity contribution in [2.45, 2.75) is 18.9 Å². The monoisotopic (exact) mass is 303 g/mol. The fourth-order valence-electron chi connectivity index (χ4n) is 2.16. The number of carbonyl (C=O) groups excluding carboxylic acids is 1. The Balaban J connectivity index is 1.95. The molecule has 0 radical (unpaired) electrons. The van der Waals surface area contributed by atoms with Crippen LogP contribution in [0.4, 0.5) is 0 Å². The molecule has 22 heavy (non-hydrogen) atoms. The fourth-order valence-corrected chi connectivity index (χ4v) is 2.16. The van der Waals surface area contributed by atoms with E-state index in [1.165, 1.54) is 0 Å². The number of para-hydroxylation sites is 1. The Kier molecular flexibility index (Phi) is 4.82. The first kappa shape index (κ1) is 16.0. The van der Waals surface area contributed by atoms with Gasteiger partial charge in [0.2, 0.25) is 5.91 Å². The third-order valence-corrected chi connectivity index (χ3v) is 3.50. The molecule has 0 bridgehead atoms. The lowest BCUT2D eigenvalue weighted by atomic mass is 9.99. The molecular formula is C16H21N3O3. The molecule has 1 aromatic heterocycles. The zero-order chi connectivity index (χ0) is 16.2. The van der Waals surface area contributed by atoms with Gasteiger partial charge in [-0.05, 0) is 13.0 Å². The van der Waals surface area contributed by atoms with Gasteiger partial charge in [0.1, 0.15) is 11.4 Å². The number of methoxy groups -OCH3 is 1. The Morgan fingerprint density at radius 1 is 1.45 bits per heavy atom. The normalized spacial score (nSPS) is 13.5. The van der Waals surface area contributed by atoms with Gasteiger partial charge in [-0.3, -0.25) is 9.48 Å². The number of amides is 1. The number of aliphatic hydroxyl groups is 1. The van der Waals surface area contributed by atoms with E-state index in [2.05, 4.69) is 10.4 Å². The molecule has 1 heterocycles. The van der Waals surface area contributed by atoms with E-state index in [9.17, 15) is 9.90 Å². The SMILES string of the molecule is COc1ccccc1CC(=O)NCC(C)(O)c1cnn(C)c1. The molecule has 0 aliphatic heterocycles. The van der Waals surface area contributed by atoms with Gasteiger partial charge >= 0.3 is 0 Å². The van der Waals surface area contributed by atoms with Crippen LogP contribution in [0.5, 0.6) is 5.75 Å². The van der Waals surface area contributed by atoms with Crippen LogP contribution in [0.2, 0.25) is 0 Å². The predicted octanol–water partition coefficient (Wildman–Crippen LogP) is 0.995. The summed E-state index contributed by atoms with van der Waals surface area (Å²) in [4.78, 5) is 12.1. The second kappa shape index (κ2) is 6.62. The molecule has 0 fully saturated rings. The van der Waals surface area contributed by atoms with E-state index in [-0.39, 0.29) is 18.9 Å². The predicted molar refractivity (Wildman–Crippen MR) is 82.5 cm³/mol. The first-order valence-corrected chi connectivity index (χ1v) is 7.02. The van der Waals surface area contributed by atoms with E-state index in [1.54, 1.807) is 38.2 Å². The fraction of sp³-hybridized carbons (Fsp3) is 0.375. The number of hydrogen-bond acceptors (Lipinski definition) is 4. The number of nitrogens with zero attached hydrogens (tertiary/aromatic N) is 2. The smallest absolute Gasteiger partial charge is 0.224 e. The van der Waals surface area contributed by atoms with Gasteiger partial charge < -0.3 is 15.2 Å². The van der Waals surface area contributed by atoms with Crippen molar-refractivity contribution in [2.24, 2.45) is 7.05 Å². The third kappa shape index (κ3) is 3.85. The molecule has 6 heteroatoms. The highest BCUT2D eigenvalue weighted by Gasteiger charge is 2.25. The molecule has 0 aliphatic rings. The lowest BCUT2D eigenvalue weighted by Gasteiger charge is -2.22. The lowest BCUT2D eigenvalue weighted by Crippen LogP contribution is -2.39. The molecule has 0 saturated heterocycles. The van der Waals surface area contributed by atoms with Crippen molar-refractivity contribution in [3.8, 4) is 5.75 Å². The zero-order valence-corrected chi connectivity index (χ0v) is 13.0. The van der Waals surface area contributed by atoms with Crippen LogP contribution in [0.15, 0.2) is 36.7 Å². The summed E-state index contributed by atoms with van der Waals surface area (Å²) in [5.41, 5.74) is 0.307. The summed E-state index contributed by atoms with van der Waals surface area (Å²) in [6, 6.07) is 7.37. The minimum Gasteiger partial charge on any atom is -0.496 e. The molecule has 1 atom stereocenters. The topological polar surface area (TPSA) is 76.4 Å². The van der Waals surface area contributed by atoms with Crippen LogP contribution in [-0.4, -0.2) is 34.4 Å². The third-order valence-electron chi connectivity index (χ3n) is 3.50. The Labute approximate surface area is 129 Å². The van der Waals surface area contributed by atoms with Crippen LogP contribution < -0.4 is 10.1 Å². The molecule has 2 rings (SSSR count). The van der Waals surface area contributed by atoms with Crippen LogP contribution in [0, 0.1) is 0 Å². The first-order valence-electron chi connectivity index (χ1n) is 7.02. The first-order chi connectivity index (χ1) is 10.4. The molecule has 0 saturated carbocycles. The van der Waals surface area contributed by atoms with Crippen LogP contribution >= 0.6 is 0 Å². The highest BCUT2D eigenvalue weighted by Crippen LogP contribution is 2.20. The van der Waals surface area contributed by atoms with Crippen molar-refractivity contribution < 1.29 is 14.6 Å². The number of carbonyl (C=O) groups is 1. The number of aryl methyl sites for hydroxylation is 1. The van der Waals surface area contributed by atoms with Crippen molar-refractivity contribution in [3.05, 3.63) is 47.8 Å². The average Bonchev–Trinajstić information content (AvgIpc) is 2.93. The van der Waals surface area contributed by atoms with Gasteiger partial charge in [0.05, 0.1) is 26.3 Å². The molecule has 1 amide bonds. The average molecular weight is 303 g/mol. The Bertz CT molecular complexity index is 650. The van der Waals surface area contributed by atoms with Crippen LogP contribution in [0.25, 0.3) is 0 Å². The summed E-state index contributed by atoms with van der Waals surface area (Å²) < 4.78 is 6.83. The van der Waals surface area contributed by atoms with E-state index in [0.717, 1.165) is 5.56 Å². The molecule has 2 N–H and O–H groups in total. The van der Waals surface area contributed by atoms with Gasteiger partial charge in [0.25, 0.3) is 0 Å². The Morgan fingerprint density at radius 2 is 2.18 bits per heavy atom. The molecule has 1 aromatic carbocycles. The van der Waals surface area contributed by atoms with Crippen LogP contribution in [-0.2, 0) is 23.9 Å². The van der Waals surface area contributed by atoms with E-state index in [4.69, 9.17) is 4.74 Å². The van der Waals surface area contributed by atoms with Crippen LogP contribution in [0.1, 0.15) is 18.1 Å². The number of rotatable bonds is 6. The molecule has 2 aromatic rings. The number of hydrogen-bond donors (Lipinski definition) is 2. The number of ether oxygens (including phenoxy) is 1. The summed E-state index contributed by atoms with van der Waals surface area (Å²) in [7, 11) is 3.35. The largest absolute Gasteiger partial charge is 0.496 e. The minimum atomic E-state index is -1.16. The van der Waals surface area contributed by atoms with Gasteiger partial charge in [0, 0.05) is 24.4 Å². The van der Waals surface area contributed by atoms with Crippen molar-refractivity contribution >= 4 is 5.91 Å². The summed E-state index contributed by atoms with van der Waals surface area (Å²) in [5.74, 6) is 0.505. The summed E-state index contributed by atoms with van der Waals surface area (Å²) >= 11 is 0. The molecule has 0 aliphatic carbocycles. The summed E-state index contributed by atoms with van der Waals surface area (Å²) in [6.07, 6.45) is 3.52. The van der Waals surface area contributed by atoms with Crippen molar-refractivity contribution in [1.29, 1.82) is 0 Å². The van der Waals surface area contributed by atoms with E-state index >= 15 is 0 Å². The molecular weight excluding hydrogens is 282 g/mol. The summed E-state index contributed by atoms with van der Waals surface area (Å²) in [5, 5.41) is 17.2. The molecule has 118 valence electrons. The number of benzene rings is 1. The lowest BCUT2D eigenvalue weighted by molar-refractivity contribution is -0.121. The van der Waals surface area contributed by atoms with E-state index < -0.39 is 5.60 Å². The number of aromatic nitrogens is 2. The van der Waals surface area contributed by atoms with E-state index in [1.807, 2.05) is 24.3 Å². The highest BCUT2D eigenvalue weighted by molar-refractivity contribution is 5.79. The minimum absolute atomic E-state index is 0.118. The van der Waals surface area contributed by atoms with Crippen molar-refractivity contribution in [2.75, 3.05) is 13.7 Å². The van der Waals surface area contributed by atoms with Gasteiger partial charge in [-0.25, -0.2) is 0 Å². The van der Waals surface area contributed by atoms with Gasteiger partial charge in [-0.15, -0.1) is 0 Å². The van der Waals surface area contributed by atoms with Crippen LogP contribution in [0.3, 0.4) is 0 Å². The van der Waals surface area contributed by atoms with E-state index in [0.29, 0.717) is 11.3 Å². The van der Waals surface area contributed by atoms with Crippen molar-refractivity contribution in [1.82, 2.24) is 15.1 Å². The maximum Gasteiger partial charge on any atom is 0.224 e. The molecule has 6 nitrogen and oxygen atoms in total. The maximum atomic E-state index is 12.1. The van der Waals surface area contributed by atoms with Gasteiger partial charge in [-0.2, -0.15) is 5.10 Å². The van der Waals surface area contributed by atoms with Crippen molar-refractivity contribution in [3.63, 3.8) is 0 Å². The number of nitrogens with one attached hydrogen (secondary N) is 1.